The van der Waals surface area contributed by atoms with Crippen LogP contribution in [0.5, 0.6) is 0 Å². The highest BCUT2D eigenvalue weighted by atomic mass is 16.7. The number of hydrogen-bond acceptors (Lipinski definition) is 3. The van der Waals surface area contributed by atoms with Gasteiger partial charge in [0.25, 0.3) is 0 Å². The van der Waals surface area contributed by atoms with Crippen molar-refractivity contribution >= 4 is 0 Å². The first-order chi connectivity index (χ1) is 5.45. The van der Waals surface area contributed by atoms with Crippen molar-refractivity contribution in [3.63, 3.8) is 0 Å². The highest BCUT2D eigenvalue weighted by Gasteiger charge is 2.23. The van der Waals surface area contributed by atoms with Gasteiger partial charge in [-0.15, -0.1) is 0 Å². The molecule has 3 heteroatoms. The first-order valence-corrected chi connectivity index (χ1v) is 4.42. The molecule has 1 heterocycles. The monoisotopic (exact) mass is 157 g/mol. The van der Waals surface area contributed by atoms with Crippen molar-refractivity contribution < 1.29 is 9.47 Å². The molecule has 0 aromatic rings. The molecule has 11 heavy (non-hydrogen) atoms. The Labute approximate surface area is 67.1 Å². The summed E-state index contributed by atoms with van der Waals surface area (Å²) >= 11 is 0. The summed E-state index contributed by atoms with van der Waals surface area (Å²) in [5.74, 6) is 0. The van der Waals surface area contributed by atoms with Crippen LogP contribution >= 0.6 is 0 Å². The second-order valence-corrected chi connectivity index (χ2v) is 3.21. The van der Waals surface area contributed by atoms with Gasteiger partial charge in [-0.05, 0) is 19.3 Å². The third kappa shape index (κ3) is 2.43. The lowest BCUT2D eigenvalue weighted by atomic mass is 10.4. The van der Waals surface area contributed by atoms with Crippen molar-refractivity contribution in [2.24, 2.45) is 0 Å². The molecule has 0 atom stereocenters. The third-order valence-corrected chi connectivity index (χ3v) is 2.05. The van der Waals surface area contributed by atoms with Crippen LogP contribution in [0.1, 0.15) is 19.3 Å². The molecule has 0 spiro atoms. The predicted octanol–water partition coefficient (Wildman–Crippen LogP) is 0.501. The molecule has 0 aromatic heterocycles. The van der Waals surface area contributed by atoms with Gasteiger partial charge in [-0.1, -0.05) is 0 Å². The molecule has 2 fully saturated rings. The lowest BCUT2D eigenvalue weighted by Gasteiger charge is -2.23. The van der Waals surface area contributed by atoms with Crippen molar-refractivity contribution in [2.45, 2.75) is 31.6 Å². The molecule has 1 N–H and O–H groups in total. The summed E-state index contributed by atoms with van der Waals surface area (Å²) in [6.45, 7) is 2.58. The molecular formula is C8H15NO2. The van der Waals surface area contributed by atoms with E-state index in [0.717, 1.165) is 32.2 Å². The molecule has 1 aliphatic heterocycles. The number of nitrogens with one attached hydrogen (secondary N) is 1. The molecule has 1 aliphatic carbocycles. The Morgan fingerprint density at radius 2 is 1.91 bits per heavy atom. The van der Waals surface area contributed by atoms with Gasteiger partial charge < -0.3 is 14.8 Å². The maximum atomic E-state index is 5.37. The Balaban J connectivity index is 1.59. The Morgan fingerprint density at radius 1 is 1.18 bits per heavy atom. The van der Waals surface area contributed by atoms with Gasteiger partial charge in [-0.25, -0.2) is 0 Å². The second kappa shape index (κ2) is 3.52. The van der Waals surface area contributed by atoms with E-state index >= 15 is 0 Å². The van der Waals surface area contributed by atoms with E-state index in [1.54, 1.807) is 0 Å². The van der Waals surface area contributed by atoms with Crippen LogP contribution in [-0.2, 0) is 9.47 Å². The molecule has 0 unspecified atom stereocenters. The fourth-order valence-electron chi connectivity index (χ4n) is 1.20. The van der Waals surface area contributed by atoms with Crippen LogP contribution in [0.2, 0.25) is 0 Å². The van der Waals surface area contributed by atoms with Crippen molar-refractivity contribution in [3.8, 4) is 0 Å². The van der Waals surface area contributed by atoms with Crippen LogP contribution in [0.4, 0.5) is 0 Å². The third-order valence-electron chi connectivity index (χ3n) is 2.05. The molecule has 0 radical (unpaired) electrons. The minimum Gasteiger partial charge on any atom is -0.351 e. The highest BCUT2D eigenvalue weighted by molar-refractivity contribution is 4.81. The van der Waals surface area contributed by atoms with E-state index in [-0.39, 0.29) is 6.29 Å². The second-order valence-electron chi connectivity index (χ2n) is 3.21. The largest absolute Gasteiger partial charge is 0.351 e. The quantitative estimate of drug-likeness (QED) is 0.647. The Hall–Kier alpha value is -0.120. The van der Waals surface area contributed by atoms with Gasteiger partial charge in [0.1, 0.15) is 0 Å². The Bertz CT molecular complexity index is 119. The maximum Gasteiger partial charge on any atom is 0.169 e. The zero-order chi connectivity index (χ0) is 7.52. The zero-order valence-electron chi connectivity index (χ0n) is 6.71. The average molecular weight is 157 g/mol. The molecule has 0 amide bonds. The minimum atomic E-state index is 0.0179. The lowest BCUT2D eigenvalue weighted by molar-refractivity contribution is -0.175. The van der Waals surface area contributed by atoms with E-state index in [1.807, 2.05) is 0 Å². The number of rotatable bonds is 3. The fraction of sp³-hybridized carbons (Fsp3) is 1.00. The fourth-order valence-corrected chi connectivity index (χ4v) is 1.20. The van der Waals surface area contributed by atoms with Crippen molar-refractivity contribution in [1.29, 1.82) is 0 Å². The van der Waals surface area contributed by atoms with E-state index < -0.39 is 0 Å². The molecule has 0 aromatic carbocycles. The predicted molar refractivity (Wildman–Crippen MR) is 41.3 cm³/mol. The molecular weight excluding hydrogens is 142 g/mol. The normalized spacial score (nSPS) is 27.3. The number of hydrogen-bond donors (Lipinski definition) is 1. The van der Waals surface area contributed by atoms with E-state index in [9.17, 15) is 0 Å². The molecule has 2 aliphatic rings. The summed E-state index contributed by atoms with van der Waals surface area (Å²) in [6.07, 6.45) is 3.71. The molecule has 1 saturated carbocycles. The summed E-state index contributed by atoms with van der Waals surface area (Å²) in [5, 5.41) is 3.38. The van der Waals surface area contributed by atoms with Crippen LogP contribution in [0.3, 0.4) is 0 Å². The average Bonchev–Trinajstić information content (AvgIpc) is 2.86. The molecule has 3 nitrogen and oxygen atoms in total. The van der Waals surface area contributed by atoms with Crippen LogP contribution in [0.15, 0.2) is 0 Å². The maximum absolute atomic E-state index is 5.37. The Kier molecular flexibility index (Phi) is 2.41. The highest BCUT2D eigenvalue weighted by Crippen LogP contribution is 2.18. The number of ether oxygens (including phenoxy) is 2. The standard InChI is InChI=1S/C8H15NO2/c1-4-10-8(11-5-1)6-9-7-2-3-7/h7-9H,1-6H2. The molecule has 2 rings (SSSR count). The van der Waals surface area contributed by atoms with Crippen LogP contribution < -0.4 is 5.32 Å². The van der Waals surface area contributed by atoms with Crippen LogP contribution in [0.25, 0.3) is 0 Å². The van der Waals surface area contributed by atoms with E-state index in [2.05, 4.69) is 5.32 Å². The summed E-state index contributed by atoms with van der Waals surface area (Å²) in [4.78, 5) is 0. The first kappa shape index (κ1) is 7.53. The van der Waals surface area contributed by atoms with Gasteiger partial charge in [0.15, 0.2) is 6.29 Å². The van der Waals surface area contributed by atoms with Gasteiger partial charge in [-0.2, -0.15) is 0 Å². The first-order valence-electron chi connectivity index (χ1n) is 4.42. The van der Waals surface area contributed by atoms with Crippen molar-refractivity contribution in [1.82, 2.24) is 5.32 Å². The minimum absolute atomic E-state index is 0.0179. The van der Waals surface area contributed by atoms with Crippen molar-refractivity contribution in [2.75, 3.05) is 19.8 Å². The van der Waals surface area contributed by atoms with Crippen molar-refractivity contribution in [3.05, 3.63) is 0 Å². The smallest absolute Gasteiger partial charge is 0.169 e. The van der Waals surface area contributed by atoms with Gasteiger partial charge in [0, 0.05) is 12.6 Å². The zero-order valence-corrected chi connectivity index (χ0v) is 6.71. The molecule has 1 saturated heterocycles. The Morgan fingerprint density at radius 3 is 2.55 bits per heavy atom. The van der Waals surface area contributed by atoms with Crippen LogP contribution in [-0.4, -0.2) is 32.1 Å². The summed E-state index contributed by atoms with van der Waals surface area (Å²) in [5.41, 5.74) is 0. The van der Waals surface area contributed by atoms with E-state index in [4.69, 9.17) is 9.47 Å². The molecule has 0 bridgehead atoms. The SMILES string of the molecule is C1COC(CNC2CC2)OC1. The van der Waals surface area contributed by atoms with Gasteiger partial charge in [0.2, 0.25) is 0 Å². The van der Waals surface area contributed by atoms with E-state index in [0.29, 0.717) is 0 Å². The summed E-state index contributed by atoms with van der Waals surface area (Å²) in [7, 11) is 0. The van der Waals surface area contributed by atoms with Gasteiger partial charge in [-0.3, -0.25) is 0 Å². The van der Waals surface area contributed by atoms with E-state index in [1.165, 1.54) is 12.8 Å². The topological polar surface area (TPSA) is 30.5 Å². The van der Waals surface area contributed by atoms with Gasteiger partial charge >= 0.3 is 0 Å². The summed E-state index contributed by atoms with van der Waals surface area (Å²) in [6, 6.07) is 0.754. The molecule has 64 valence electrons. The lowest BCUT2D eigenvalue weighted by Crippen LogP contribution is -2.35. The van der Waals surface area contributed by atoms with Crippen LogP contribution in [0, 0.1) is 0 Å². The van der Waals surface area contributed by atoms with Gasteiger partial charge in [0.05, 0.1) is 13.2 Å². The summed E-state index contributed by atoms with van der Waals surface area (Å²) < 4.78 is 10.7.